The molecule has 0 atom stereocenters. The second-order valence-corrected chi connectivity index (χ2v) is 5.43. The normalized spacial score (nSPS) is 10.6. The molecule has 0 bridgehead atoms. The number of nitrogens with two attached hydrogens (primary N) is 1. The minimum atomic E-state index is 0.530. The summed E-state index contributed by atoms with van der Waals surface area (Å²) in [5.41, 5.74) is 9.41. The van der Waals surface area contributed by atoms with E-state index in [2.05, 4.69) is 41.4 Å². The van der Waals surface area contributed by atoms with E-state index in [4.69, 9.17) is 5.73 Å². The van der Waals surface area contributed by atoms with Gasteiger partial charge < -0.3 is 5.73 Å². The fourth-order valence-corrected chi connectivity index (χ4v) is 2.93. The van der Waals surface area contributed by atoms with Crippen molar-refractivity contribution in [1.29, 1.82) is 0 Å². The number of benzene rings is 1. The van der Waals surface area contributed by atoms with Gasteiger partial charge in [0.25, 0.3) is 0 Å². The SMILES string of the molecule is Cc1cc(C)cc(CSc2nsc(N)n2)c1. The average Bonchev–Trinajstić information content (AvgIpc) is 2.60. The first kappa shape index (κ1) is 11.4. The molecule has 84 valence electrons. The predicted molar refractivity (Wildman–Crippen MR) is 69.8 cm³/mol. The monoisotopic (exact) mass is 251 g/mol. The molecule has 0 amide bonds. The Kier molecular flexibility index (Phi) is 3.46. The highest BCUT2D eigenvalue weighted by atomic mass is 32.2. The maximum Gasteiger partial charge on any atom is 0.202 e. The molecule has 1 heterocycles. The quantitative estimate of drug-likeness (QED) is 0.852. The lowest BCUT2D eigenvalue weighted by molar-refractivity contribution is 1.08. The highest BCUT2D eigenvalue weighted by molar-refractivity contribution is 7.98. The van der Waals surface area contributed by atoms with Crippen molar-refractivity contribution in [1.82, 2.24) is 9.36 Å². The Bertz CT molecular complexity index is 473. The van der Waals surface area contributed by atoms with Crippen LogP contribution in [0.1, 0.15) is 16.7 Å². The number of hydrogen-bond donors (Lipinski definition) is 1. The van der Waals surface area contributed by atoms with E-state index in [1.165, 1.54) is 28.2 Å². The highest BCUT2D eigenvalue weighted by Gasteiger charge is 2.03. The Morgan fingerprint density at radius 2 is 1.94 bits per heavy atom. The predicted octanol–water partition coefficient (Wildman–Crippen LogP) is 3.03. The van der Waals surface area contributed by atoms with Gasteiger partial charge in [-0.3, -0.25) is 0 Å². The van der Waals surface area contributed by atoms with E-state index in [9.17, 15) is 0 Å². The second-order valence-electron chi connectivity index (χ2n) is 3.70. The fraction of sp³-hybridized carbons (Fsp3) is 0.273. The molecular weight excluding hydrogens is 238 g/mol. The molecule has 0 radical (unpaired) electrons. The van der Waals surface area contributed by atoms with Crippen LogP contribution in [0.5, 0.6) is 0 Å². The summed E-state index contributed by atoms with van der Waals surface area (Å²) in [6.07, 6.45) is 0. The van der Waals surface area contributed by atoms with Gasteiger partial charge in [-0.15, -0.1) is 0 Å². The Labute approximate surface area is 103 Å². The molecule has 1 aromatic carbocycles. The van der Waals surface area contributed by atoms with Gasteiger partial charge in [-0.1, -0.05) is 41.1 Å². The molecule has 0 aliphatic rings. The number of nitrogens with zero attached hydrogens (tertiary/aromatic N) is 2. The van der Waals surface area contributed by atoms with Crippen molar-refractivity contribution in [3.8, 4) is 0 Å². The largest absolute Gasteiger partial charge is 0.374 e. The number of rotatable bonds is 3. The summed E-state index contributed by atoms with van der Waals surface area (Å²) in [6.45, 7) is 4.22. The molecule has 0 saturated carbocycles. The highest BCUT2D eigenvalue weighted by Crippen LogP contribution is 2.23. The molecule has 2 aromatic rings. The van der Waals surface area contributed by atoms with E-state index >= 15 is 0 Å². The minimum absolute atomic E-state index is 0.530. The van der Waals surface area contributed by atoms with Gasteiger partial charge in [0.05, 0.1) is 0 Å². The second kappa shape index (κ2) is 4.84. The van der Waals surface area contributed by atoms with Crippen LogP contribution in [0.15, 0.2) is 23.4 Å². The Morgan fingerprint density at radius 3 is 2.50 bits per heavy atom. The topological polar surface area (TPSA) is 51.8 Å². The number of aryl methyl sites for hydroxylation is 2. The molecule has 5 heteroatoms. The lowest BCUT2D eigenvalue weighted by Gasteiger charge is -2.02. The third-order valence-electron chi connectivity index (χ3n) is 2.07. The van der Waals surface area contributed by atoms with Gasteiger partial charge in [0.2, 0.25) is 10.3 Å². The average molecular weight is 251 g/mol. The summed E-state index contributed by atoms with van der Waals surface area (Å²) in [4.78, 5) is 4.12. The number of thioether (sulfide) groups is 1. The first-order chi connectivity index (χ1) is 7.63. The third kappa shape index (κ3) is 2.96. The van der Waals surface area contributed by atoms with Gasteiger partial charge in [0.15, 0.2) is 0 Å². The summed E-state index contributed by atoms with van der Waals surface area (Å²) >= 11 is 2.86. The summed E-state index contributed by atoms with van der Waals surface area (Å²) in [6, 6.07) is 6.55. The van der Waals surface area contributed by atoms with Crippen LogP contribution in [0.3, 0.4) is 0 Å². The maximum atomic E-state index is 5.53. The van der Waals surface area contributed by atoms with Crippen LogP contribution >= 0.6 is 23.3 Å². The molecule has 0 spiro atoms. The zero-order valence-corrected chi connectivity index (χ0v) is 10.9. The van der Waals surface area contributed by atoms with Crippen molar-refractivity contribution in [3.63, 3.8) is 0 Å². The molecule has 0 aliphatic carbocycles. The number of aromatic nitrogens is 2. The van der Waals surface area contributed by atoms with Crippen molar-refractivity contribution in [2.75, 3.05) is 5.73 Å². The third-order valence-corrected chi connectivity index (χ3v) is 3.65. The molecule has 0 unspecified atom stereocenters. The minimum Gasteiger partial charge on any atom is -0.374 e. The standard InChI is InChI=1S/C11H13N3S2/c1-7-3-8(2)5-9(4-7)6-15-11-13-10(12)16-14-11/h3-5H,6H2,1-2H3,(H2,12,13,14). The number of anilines is 1. The lowest BCUT2D eigenvalue weighted by Crippen LogP contribution is -1.86. The van der Waals surface area contributed by atoms with Gasteiger partial charge in [0.1, 0.15) is 0 Å². The smallest absolute Gasteiger partial charge is 0.202 e. The van der Waals surface area contributed by atoms with Crippen LogP contribution in [0.2, 0.25) is 0 Å². The van der Waals surface area contributed by atoms with E-state index < -0.39 is 0 Å². The van der Waals surface area contributed by atoms with Gasteiger partial charge in [-0.25, -0.2) is 0 Å². The summed E-state index contributed by atoms with van der Waals surface area (Å²) in [7, 11) is 0. The van der Waals surface area contributed by atoms with Crippen molar-refractivity contribution < 1.29 is 0 Å². The van der Waals surface area contributed by atoms with Crippen molar-refractivity contribution in [3.05, 3.63) is 34.9 Å². The van der Waals surface area contributed by atoms with E-state index in [-0.39, 0.29) is 0 Å². The number of nitrogen functional groups attached to an aromatic ring is 1. The molecule has 3 nitrogen and oxygen atoms in total. The lowest BCUT2D eigenvalue weighted by atomic mass is 10.1. The Hall–Kier alpha value is -1.07. The fourth-order valence-electron chi connectivity index (χ4n) is 1.58. The van der Waals surface area contributed by atoms with E-state index in [0.717, 1.165) is 10.9 Å². The molecule has 0 saturated heterocycles. The molecule has 0 fully saturated rings. The van der Waals surface area contributed by atoms with Crippen molar-refractivity contribution in [2.45, 2.75) is 24.8 Å². The van der Waals surface area contributed by atoms with Crippen molar-refractivity contribution >= 4 is 28.4 Å². The van der Waals surface area contributed by atoms with Crippen LogP contribution in [0, 0.1) is 13.8 Å². The molecule has 1 aromatic heterocycles. The van der Waals surface area contributed by atoms with Crippen LogP contribution in [-0.4, -0.2) is 9.36 Å². The van der Waals surface area contributed by atoms with Gasteiger partial charge in [-0.2, -0.15) is 9.36 Å². The molecule has 16 heavy (non-hydrogen) atoms. The maximum absolute atomic E-state index is 5.53. The van der Waals surface area contributed by atoms with E-state index in [1.807, 2.05) is 0 Å². The van der Waals surface area contributed by atoms with Crippen LogP contribution in [0.25, 0.3) is 0 Å². The first-order valence-electron chi connectivity index (χ1n) is 4.92. The zero-order valence-electron chi connectivity index (χ0n) is 9.23. The Morgan fingerprint density at radius 1 is 1.25 bits per heavy atom. The molecule has 2 N–H and O–H groups in total. The summed E-state index contributed by atoms with van der Waals surface area (Å²) in [5, 5.41) is 1.30. The van der Waals surface area contributed by atoms with Crippen LogP contribution in [0.4, 0.5) is 5.13 Å². The van der Waals surface area contributed by atoms with Crippen LogP contribution < -0.4 is 5.73 Å². The summed E-state index contributed by atoms with van der Waals surface area (Å²) in [5.74, 6) is 0.888. The Balaban J connectivity index is 2.04. The van der Waals surface area contributed by atoms with Crippen molar-refractivity contribution in [2.24, 2.45) is 0 Å². The molecule has 2 rings (SSSR count). The van der Waals surface area contributed by atoms with Gasteiger partial charge >= 0.3 is 0 Å². The van der Waals surface area contributed by atoms with Crippen LogP contribution in [-0.2, 0) is 5.75 Å². The number of hydrogen-bond acceptors (Lipinski definition) is 5. The molecule has 0 aliphatic heterocycles. The first-order valence-corrected chi connectivity index (χ1v) is 6.68. The van der Waals surface area contributed by atoms with E-state index in [1.54, 1.807) is 11.8 Å². The van der Waals surface area contributed by atoms with Gasteiger partial charge in [0, 0.05) is 17.3 Å². The van der Waals surface area contributed by atoms with E-state index in [0.29, 0.717) is 5.13 Å². The molecular formula is C11H13N3S2. The van der Waals surface area contributed by atoms with Gasteiger partial charge in [-0.05, 0) is 19.4 Å². The summed E-state index contributed by atoms with van der Waals surface area (Å²) < 4.78 is 4.14. The zero-order chi connectivity index (χ0) is 11.5.